The van der Waals surface area contributed by atoms with Crippen molar-refractivity contribution in [3.05, 3.63) is 29.3 Å². The maximum absolute atomic E-state index is 11.8. The second-order valence-electron chi connectivity index (χ2n) is 3.81. The predicted octanol–water partition coefficient (Wildman–Crippen LogP) is 1.62. The van der Waals surface area contributed by atoms with Gasteiger partial charge in [0.1, 0.15) is 6.04 Å². The van der Waals surface area contributed by atoms with E-state index < -0.39 is 6.04 Å². The standard InChI is InChI=1S/C12H16N2O/c1-3-8-5-6-10-9(7-8)11(13)12(15)14(10)4-2/h5-7,11H,3-4,13H2,1-2H3. The van der Waals surface area contributed by atoms with E-state index in [0.29, 0.717) is 6.54 Å². The lowest BCUT2D eigenvalue weighted by molar-refractivity contribution is -0.119. The van der Waals surface area contributed by atoms with Crippen LogP contribution in [0.25, 0.3) is 0 Å². The van der Waals surface area contributed by atoms with Crippen LogP contribution in [0.5, 0.6) is 0 Å². The summed E-state index contributed by atoms with van der Waals surface area (Å²) in [5.41, 5.74) is 9.07. The fraction of sp³-hybridized carbons (Fsp3) is 0.417. The van der Waals surface area contributed by atoms with Crippen molar-refractivity contribution < 1.29 is 4.79 Å². The summed E-state index contributed by atoms with van der Waals surface area (Å²) in [4.78, 5) is 13.5. The molecule has 2 N–H and O–H groups in total. The smallest absolute Gasteiger partial charge is 0.248 e. The van der Waals surface area contributed by atoms with Crippen molar-refractivity contribution in [3.8, 4) is 0 Å². The van der Waals surface area contributed by atoms with Crippen LogP contribution in [0.15, 0.2) is 18.2 Å². The number of carbonyl (C=O) groups excluding carboxylic acids is 1. The highest BCUT2D eigenvalue weighted by Gasteiger charge is 2.33. The van der Waals surface area contributed by atoms with Gasteiger partial charge in [0.05, 0.1) is 0 Å². The van der Waals surface area contributed by atoms with E-state index >= 15 is 0 Å². The molecule has 2 rings (SSSR count). The number of carbonyl (C=O) groups is 1. The summed E-state index contributed by atoms with van der Waals surface area (Å²) in [7, 11) is 0. The van der Waals surface area contributed by atoms with Crippen LogP contribution in [0.4, 0.5) is 5.69 Å². The van der Waals surface area contributed by atoms with Gasteiger partial charge in [0, 0.05) is 17.8 Å². The van der Waals surface area contributed by atoms with Crippen molar-refractivity contribution in [2.75, 3.05) is 11.4 Å². The lowest BCUT2D eigenvalue weighted by Crippen LogP contribution is -2.31. The molecule has 80 valence electrons. The number of fused-ring (bicyclic) bond motifs is 1. The summed E-state index contributed by atoms with van der Waals surface area (Å²) in [5, 5.41) is 0. The van der Waals surface area contributed by atoms with E-state index in [1.165, 1.54) is 5.56 Å². The van der Waals surface area contributed by atoms with Gasteiger partial charge in [-0.1, -0.05) is 19.1 Å². The Balaban J connectivity index is 2.50. The monoisotopic (exact) mass is 204 g/mol. The molecule has 1 aliphatic heterocycles. The van der Waals surface area contributed by atoms with Crippen LogP contribution in [-0.2, 0) is 11.2 Å². The first-order chi connectivity index (χ1) is 7.19. The third-order valence-electron chi connectivity index (χ3n) is 2.97. The number of anilines is 1. The Hall–Kier alpha value is -1.35. The molecule has 1 aliphatic rings. The van der Waals surface area contributed by atoms with E-state index in [0.717, 1.165) is 17.7 Å². The van der Waals surface area contributed by atoms with Gasteiger partial charge >= 0.3 is 0 Å². The molecule has 1 unspecified atom stereocenters. The topological polar surface area (TPSA) is 46.3 Å². The van der Waals surface area contributed by atoms with Crippen molar-refractivity contribution in [2.45, 2.75) is 26.3 Å². The molecule has 1 amide bonds. The average molecular weight is 204 g/mol. The number of nitrogens with two attached hydrogens (primary N) is 1. The highest BCUT2D eigenvalue weighted by Crippen LogP contribution is 2.34. The molecule has 0 radical (unpaired) electrons. The van der Waals surface area contributed by atoms with E-state index in [4.69, 9.17) is 5.73 Å². The molecule has 0 spiro atoms. The average Bonchev–Trinajstić information content (AvgIpc) is 2.51. The van der Waals surface area contributed by atoms with Crippen molar-refractivity contribution in [2.24, 2.45) is 5.73 Å². The Morgan fingerprint density at radius 1 is 1.40 bits per heavy atom. The first-order valence-electron chi connectivity index (χ1n) is 5.38. The normalized spacial score (nSPS) is 19.5. The van der Waals surface area contributed by atoms with Crippen LogP contribution in [0, 0.1) is 0 Å². The molecule has 15 heavy (non-hydrogen) atoms. The van der Waals surface area contributed by atoms with E-state index in [9.17, 15) is 4.79 Å². The van der Waals surface area contributed by atoms with E-state index in [2.05, 4.69) is 13.0 Å². The SMILES string of the molecule is CCc1ccc2c(c1)C(N)C(=O)N2CC. The van der Waals surface area contributed by atoms with Gasteiger partial charge in [-0.3, -0.25) is 4.79 Å². The second kappa shape index (κ2) is 3.66. The molecule has 3 heteroatoms. The molecule has 3 nitrogen and oxygen atoms in total. The molecule has 0 aromatic heterocycles. The van der Waals surface area contributed by atoms with Crippen LogP contribution in [0.2, 0.25) is 0 Å². The molecular weight excluding hydrogens is 188 g/mol. The number of aryl methyl sites for hydroxylation is 1. The van der Waals surface area contributed by atoms with Crippen molar-refractivity contribution in [1.82, 2.24) is 0 Å². The Labute approximate surface area is 89.9 Å². The van der Waals surface area contributed by atoms with Crippen molar-refractivity contribution >= 4 is 11.6 Å². The zero-order valence-corrected chi connectivity index (χ0v) is 9.16. The van der Waals surface area contributed by atoms with Gasteiger partial charge in [0.15, 0.2) is 0 Å². The minimum atomic E-state index is -0.466. The molecule has 1 atom stereocenters. The van der Waals surface area contributed by atoms with Crippen LogP contribution >= 0.6 is 0 Å². The van der Waals surface area contributed by atoms with Crippen LogP contribution < -0.4 is 10.6 Å². The van der Waals surface area contributed by atoms with Gasteiger partial charge in [-0.2, -0.15) is 0 Å². The fourth-order valence-corrected chi connectivity index (χ4v) is 2.06. The quantitative estimate of drug-likeness (QED) is 0.795. The number of likely N-dealkylation sites (N-methyl/N-ethyl adjacent to an activating group) is 1. The van der Waals surface area contributed by atoms with Gasteiger partial charge in [0.2, 0.25) is 5.91 Å². The number of hydrogen-bond acceptors (Lipinski definition) is 2. The molecule has 0 saturated carbocycles. The lowest BCUT2D eigenvalue weighted by atomic mass is 10.0. The minimum Gasteiger partial charge on any atom is -0.316 e. The highest BCUT2D eigenvalue weighted by atomic mass is 16.2. The molecule has 1 aromatic carbocycles. The van der Waals surface area contributed by atoms with Crippen LogP contribution in [-0.4, -0.2) is 12.5 Å². The number of benzene rings is 1. The molecule has 0 saturated heterocycles. The molecule has 0 fully saturated rings. The van der Waals surface area contributed by atoms with Crippen LogP contribution in [0.1, 0.15) is 31.0 Å². The van der Waals surface area contributed by atoms with Crippen LogP contribution in [0.3, 0.4) is 0 Å². The maximum atomic E-state index is 11.8. The van der Waals surface area contributed by atoms with Gasteiger partial charge in [-0.05, 0) is 25.0 Å². The van der Waals surface area contributed by atoms with E-state index in [-0.39, 0.29) is 5.91 Å². The Morgan fingerprint density at radius 2 is 2.13 bits per heavy atom. The zero-order valence-electron chi connectivity index (χ0n) is 9.16. The Kier molecular flexibility index (Phi) is 2.49. The van der Waals surface area contributed by atoms with Gasteiger partial charge in [-0.25, -0.2) is 0 Å². The highest BCUT2D eigenvalue weighted by molar-refractivity contribution is 6.04. The minimum absolute atomic E-state index is 0.0146. The summed E-state index contributed by atoms with van der Waals surface area (Å²) >= 11 is 0. The first-order valence-corrected chi connectivity index (χ1v) is 5.38. The number of rotatable bonds is 2. The van der Waals surface area contributed by atoms with Gasteiger partial charge < -0.3 is 10.6 Å². The van der Waals surface area contributed by atoms with Crippen molar-refractivity contribution in [1.29, 1.82) is 0 Å². The van der Waals surface area contributed by atoms with E-state index in [1.807, 2.05) is 19.1 Å². The summed E-state index contributed by atoms with van der Waals surface area (Å²) < 4.78 is 0. The second-order valence-corrected chi connectivity index (χ2v) is 3.81. The summed E-state index contributed by atoms with van der Waals surface area (Å²) in [6.07, 6.45) is 0.973. The molecule has 0 aliphatic carbocycles. The zero-order chi connectivity index (χ0) is 11.0. The van der Waals surface area contributed by atoms with Gasteiger partial charge in [-0.15, -0.1) is 0 Å². The van der Waals surface area contributed by atoms with E-state index in [1.54, 1.807) is 4.90 Å². The molecular formula is C12H16N2O. The Bertz CT molecular complexity index is 401. The number of amides is 1. The Morgan fingerprint density at radius 3 is 2.73 bits per heavy atom. The first kappa shape index (κ1) is 10.2. The predicted molar refractivity (Wildman–Crippen MR) is 60.8 cm³/mol. The maximum Gasteiger partial charge on any atom is 0.248 e. The lowest BCUT2D eigenvalue weighted by Gasteiger charge is -2.14. The summed E-state index contributed by atoms with van der Waals surface area (Å²) in [5.74, 6) is 0.0146. The summed E-state index contributed by atoms with van der Waals surface area (Å²) in [6.45, 7) is 4.75. The van der Waals surface area contributed by atoms with Crippen molar-refractivity contribution in [3.63, 3.8) is 0 Å². The number of nitrogens with zero attached hydrogens (tertiary/aromatic N) is 1. The third kappa shape index (κ3) is 1.43. The molecule has 1 aromatic rings. The fourth-order valence-electron chi connectivity index (χ4n) is 2.06. The summed E-state index contributed by atoms with van der Waals surface area (Å²) in [6, 6.07) is 5.65. The molecule has 0 bridgehead atoms. The van der Waals surface area contributed by atoms with Gasteiger partial charge in [0.25, 0.3) is 0 Å². The number of hydrogen-bond donors (Lipinski definition) is 1. The largest absolute Gasteiger partial charge is 0.316 e. The third-order valence-corrected chi connectivity index (χ3v) is 2.97. The molecule has 1 heterocycles.